The fraction of sp³-hybridized carbons (Fsp3) is 0.267. The first-order valence-electron chi connectivity index (χ1n) is 6.37. The number of nitrogens with one attached hydrogen (secondary N) is 1. The Hall–Kier alpha value is -1.97. The third-order valence-electron chi connectivity index (χ3n) is 3.34. The Kier molecular flexibility index (Phi) is 3.15. The largest absolute Gasteiger partial charge is 0.363 e. The van der Waals surface area contributed by atoms with E-state index in [0.29, 0.717) is 11.7 Å². The summed E-state index contributed by atoms with van der Waals surface area (Å²) >= 11 is 0. The number of rotatable bonds is 4. The lowest BCUT2D eigenvalue weighted by Gasteiger charge is -2.19. The number of hydrogen-bond donors (Lipinski definition) is 1. The van der Waals surface area contributed by atoms with Gasteiger partial charge in [0.05, 0.1) is 6.04 Å². The molecule has 2 aromatic rings. The van der Waals surface area contributed by atoms with Crippen LogP contribution in [0.5, 0.6) is 0 Å². The molecule has 0 radical (unpaired) electrons. The molecule has 1 saturated carbocycles. The van der Waals surface area contributed by atoms with Crippen LogP contribution in [-0.4, -0.2) is 4.98 Å². The minimum atomic E-state index is -0.501. The average Bonchev–Trinajstić information content (AvgIpc) is 3.22. The molecule has 0 amide bonds. The SMILES string of the molecule is Fc1ccc(C(Nc2cccc(F)n2)C2CC2)cc1. The van der Waals surface area contributed by atoms with E-state index in [-0.39, 0.29) is 11.9 Å². The molecule has 0 bridgehead atoms. The van der Waals surface area contributed by atoms with Crippen LogP contribution in [0.15, 0.2) is 42.5 Å². The lowest BCUT2D eigenvalue weighted by molar-refractivity contribution is 0.581. The van der Waals surface area contributed by atoms with Crippen molar-refractivity contribution in [2.75, 3.05) is 5.32 Å². The monoisotopic (exact) mass is 260 g/mol. The highest BCUT2D eigenvalue weighted by atomic mass is 19.1. The standard InChI is InChI=1S/C15H14F2N2/c16-12-8-6-11(7-9-12)15(10-4-5-10)19-14-3-1-2-13(17)18-14/h1-3,6-10,15H,4-5H2,(H,18,19). The second-order valence-corrected chi connectivity index (χ2v) is 4.86. The van der Waals surface area contributed by atoms with Gasteiger partial charge in [-0.05, 0) is 48.6 Å². The van der Waals surface area contributed by atoms with E-state index in [1.807, 2.05) is 0 Å². The predicted molar refractivity (Wildman–Crippen MR) is 69.7 cm³/mol. The van der Waals surface area contributed by atoms with Gasteiger partial charge in [-0.2, -0.15) is 4.39 Å². The highest BCUT2D eigenvalue weighted by molar-refractivity contribution is 5.39. The van der Waals surface area contributed by atoms with Crippen LogP contribution < -0.4 is 5.32 Å². The van der Waals surface area contributed by atoms with Crippen LogP contribution in [0, 0.1) is 17.7 Å². The van der Waals surface area contributed by atoms with Crippen LogP contribution in [0.2, 0.25) is 0 Å². The van der Waals surface area contributed by atoms with Crippen molar-refractivity contribution in [3.8, 4) is 0 Å². The Morgan fingerprint density at radius 1 is 1.05 bits per heavy atom. The van der Waals surface area contributed by atoms with E-state index >= 15 is 0 Å². The highest BCUT2D eigenvalue weighted by Crippen LogP contribution is 2.42. The molecular weight excluding hydrogens is 246 g/mol. The van der Waals surface area contributed by atoms with E-state index in [2.05, 4.69) is 10.3 Å². The van der Waals surface area contributed by atoms with Crippen LogP contribution in [0.25, 0.3) is 0 Å². The van der Waals surface area contributed by atoms with Gasteiger partial charge in [-0.25, -0.2) is 9.37 Å². The summed E-state index contributed by atoms with van der Waals surface area (Å²) in [6, 6.07) is 11.2. The normalized spacial score (nSPS) is 16.1. The van der Waals surface area contributed by atoms with E-state index in [9.17, 15) is 8.78 Å². The number of halogens is 2. The molecule has 1 atom stereocenters. The summed E-state index contributed by atoms with van der Waals surface area (Å²) in [5, 5.41) is 3.24. The second-order valence-electron chi connectivity index (χ2n) is 4.86. The van der Waals surface area contributed by atoms with Gasteiger partial charge < -0.3 is 5.32 Å². The molecule has 0 saturated heterocycles. The van der Waals surface area contributed by atoms with Crippen molar-refractivity contribution in [3.05, 3.63) is 59.8 Å². The molecule has 1 aromatic heterocycles. The molecule has 1 heterocycles. The van der Waals surface area contributed by atoms with Crippen LogP contribution in [0.4, 0.5) is 14.6 Å². The van der Waals surface area contributed by atoms with Gasteiger partial charge in [-0.15, -0.1) is 0 Å². The minimum Gasteiger partial charge on any atom is -0.363 e. The molecule has 1 aromatic carbocycles. The zero-order valence-electron chi connectivity index (χ0n) is 10.3. The predicted octanol–water partition coefficient (Wildman–Crippen LogP) is 3.92. The number of hydrogen-bond acceptors (Lipinski definition) is 2. The van der Waals surface area contributed by atoms with Crippen molar-refractivity contribution < 1.29 is 8.78 Å². The van der Waals surface area contributed by atoms with Crippen LogP contribution >= 0.6 is 0 Å². The summed E-state index contributed by atoms with van der Waals surface area (Å²) in [7, 11) is 0. The van der Waals surface area contributed by atoms with E-state index in [1.54, 1.807) is 24.3 Å². The first kappa shape index (κ1) is 12.1. The molecule has 1 N–H and O–H groups in total. The summed E-state index contributed by atoms with van der Waals surface area (Å²) < 4.78 is 26.1. The maximum atomic E-state index is 13.1. The van der Waals surface area contributed by atoms with Gasteiger partial charge in [0.2, 0.25) is 5.95 Å². The molecule has 1 aliphatic carbocycles. The Balaban J connectivity index is 1.83. The quantitative estimate of drug-likeness (QED) is 0.843. The fourth-order valence-electron chi connectivity index (χ4n) is 2.22. The van der Waals surface area contributed by atoms with E-state index < -0.39 is 5.95 Å². The first-order valence-corrected chi connectivity index (χ1v) is 6.37. The van der Waals surface area contributed by atoms with Crippen molar-refractivity contribution in [2.45, 2.75) is 18.9 Å². The highest BCUT2D eigenvalue weighted by Gasteiger charge is 2.32. The topological polar surface area (TPSA) is 24.9 Å². The van der Waals surface area contributed by atoms with Gasteiger partial charge in [-0.3, -0.25) is 0 Å². The fourth-order valence-corrected chi connectivity index (χ4v) is 2.22. The van der Waals surface area contributed by atoms with Gasteiger partial charge in [-0.1, -0.05) is 18.2 Å². The van der Waals surface area contributed by atoms with Crippen molar-refractivity contribution in [2.24, 2.45) is 5.92 Å². The molecule has 98 valence electrons. The van der Waals surface area contributed by atoms with Gasteiger partial charge in [0.1, 0.15) is 11.6 Å². The molecule has 0 aliphatic heterocycles. The third kappa shape index (κ3) is 2.89. The molecule has 1 unspecified atom stereocenters. The first-order chi connectivity index (χ1) is 9.22. The van der Waals surface area contributed by atoms with E-state index in [0.717, 1.165) is 18.4 Å². The van der Waals surface area contributed by atoms with Crippen LogP contribution in [0.3, 0.4) is 0 Å². The van der Waals surface area contributed by atoms with Crippen molar-refractivity contribution in [1.82, 2.24) is 4.98 Å². The third-order valence-corrected chi connectivity index (χ3v) is 3.34. The maximum Gasteiger partial charge on any atom is 0.214 e. The molecule has 1 fully saturated rings. The second kappa shape index (κ2) is 4.96. The molecule has 0 spiro atoms. The molecule has 1 aliphatic rings. The van der Waals surface area contributed by atoms with Gasteiger partial charge in [0.15, 0.2) is 0 Å². The average molecular weight is 260 g/mol. The Labute approximate surface area is 110 Å². The van der Waals surface area contributed by atoms with E-state index in [1.165, 1.54) is 18.2 Å². The van der Waals surface area contributed by atoms with Gasteiger partial charge >= 0.3 is 0 Å². The molecule has 19 heavy (non-hydrogen) atoms. The number of anilines is 1. The maximum absolute atomic E-state index is 13.1. The van der Waals surface area contributed by atoms with Crippen LogP contribution in [-0.2, 0) is 0 Å². The van der Waals surface area contributed by atoms with Crippen molar-refractivity contribution >= 4 is 5.82 Å². The zero-order valence-corrected chi connectivity index (χ0v) is 10.3. The number of benzene rings is 1. The molecular formula is C15H14F2N2. The van der Waals surface area contributed by atoms with E-state index in [4.69, 9.17) is 0 Å². The minimum absolute atomic E-state index is 0.0647. The van der Waals surface area contributed by atoms with Gasteiger partial charge in [0, 0.05) is 0 Å². The summed E-state index contributed by atoms with van der Waals surface area (Å²) in [6.45, 7) is 0. The lowest BCUT2D eigenvalue weighted by atomic mass is 10.0. The van der Waals surface area contributed by atoms with Crippen molar-refractivity contribution in [1.29, 1.82) is 0 Å². The van der Waals surface area contributed by atoms with Gasteiger partial charge in [0.25, 0.3) is 0 Å². The zero-order chi connectivity index (χ0) is 13.2. The number of aromatic nitrogens is 1. The smallest absolute Gasteiger partial charge is 0.214 e. The lowest BCUT2D eigenvalue weighted by Crippen LogP contribution is -2.14. The Bertz CT molecular complexity index is 565. The summed E-state index contributed by atoms with van der Waals surface area (Å²) in [5.74, 6) is 0.276. The Morgan fingerprint density at radius 2 is 1.79 bits per heavy atom. The molecule has 2 nitrogen and oxygen atoms in total. The van der Waals surface area contributed by atoms with Crippen LogP contribution in [0.1, 0.15) is 24.4 Å². The molecule has 3 rings (SSSR count). The molecule has 4 heteroatoms. The summed E-state index contributed by atoms with van der Waals surface area (Å²) in [4.78, 5) is 3.81. The Morgan fingerprint density at radius 3 is 2.42 bits per heavy atom. The summed E-state index contributed by atoms with van der Waals surface area (Å²) in [6.07, 6.45) is 2.26. The van der Waals surface area contributed by atoms with Crippen molar-refractivity contribution in [3.63, 3.8) is 0 Å². The number of pyridine rings is 1. The number of nitrogens with zero attached hydrogens (tertiary/aromatic N) is 1. The summed E-state index contributed by atoms with van der Waals surface area (Å²) in [5.41, 5.74) is 1.01.